The summed E-state index contributed by atoms with van der Waals surface area (Å²) >= 11 is 0. The lowest BCUT2D eigenvalue weighted by Gasteiger charge is -2.02. The summed E-state index contributed by atoms with van der Waals surface area (Å²) in [6, 6.07) is 14.5. The van der Waals surface area contributed by atoms with E-state index in [1.807, 2.05) is 24.3 Å². The Hall–Kier alpha value is -2.20. The molecule has 2 aromatic carbocycles. The molecule has 4 heteroatoms. The molecule has 0 aliphatic carbocycles. The molecule has 3 aromatic rings. The van der Waals surface area contributed by atoms with E-state index in [2.05, 4.69) is 33.7 Å². The van der Waals surface area contributed by atoms with Gasteiger partial charge in [-0.1, -0.05) is 47.6 Å². The van der Waals surface area contributed by atoms with E-state index in [-0.39, 0.29) is 0 Å². The highest BCUT2D eigenvalue weighted by molar-refractivity contribution is 5.94. The molecule has 21 heavy (non-hydrogen) atoms. The number of aromatic nitrogens is 2. The molecule has 0 spiro atoms. The van der Waals surface area contributed by atoms with Crippen LogP contribution in [0.5, 0.6) is 0 Å². The summed E-state index contributed by atoms with van der Waals surface area (Å²) in [6.07, 6.45) is 2.05. The molecule has 4 nitrogen and oxygen atoms in total. The summed E-state index contributed by atoms with van der Waals surface area (Å²) in [7, 11) is 0. The quantitative estimate of drug-likeness (QED) is 0.800. The van der Waals surface area contributed by atoms with Crippen LogP contribution < -0.4 is 5.32 Å². The summed E-state index contributed by atoms with van der Waals surface area (Å²) in [4.78, 5) is 4.59. The highest BCUT2D eigenvalue weighted by atomic mass is 16.5. The Morgan fingerprint density at radius 2 is 2.05 bits per heavy atom. The van der Waals surface area contributed by atoms with E-state index in [0.717, 1.165) is 36.4 Å². The first-order chi connectivity index (χ1) is 10.4. The molecule has 1 N–H and O–H groups in total. The lowest BCUT2D eigenvalue weighted by Crippen LogP contribution is -2.10. The summed E-state index contributed by atoms with van der Waals surface area (Å²) in [5.41, 5.74) is 1.03. The molecular weight excluding hydrogens is 262 g/mol. The first-order valence-corrected chi connectivity index (χ1v) is 7.41. The highest BCUT2D eigenvalue weighted by Crippen LogP contribution is 2.27. The Balaban J connectivity index is 1.67. The van der Waals surface area contributed by atoms with Crippen molar-refractivity contribution < 1.29 is 4.52 Å². The van der Waals surface area contributed by atoms with Gasteiger partial charge in [0.05, 0.1) is 0 Å². The van der Waals surface area contributed by atoms with Crippen molar-refractivity contribution >= 4 is 10.8 Å². The lowest BCUT2D eigenvalue weighted by molar-refractivity contribution is 0.358. The Morgan fingerprint density at radius 3 is 2.95 bits per heavy atom. The average Bonchev–Trinajstić information content (AvgIpc) is 3.19. The number of fused-ring (bicyclic) bond motifs is 1. The molecule has 0 radical (unpaired) electrons. The molecule has 1 saturated heterocycles. The van der Waals surface area contributed by atoms with Gasteiger partial charge in [-0.25, -0.2) is 0 Å². The molecule has 106 valence electrons. The molecule has 1 unspecified atom stereocenters. The third kappa shape index (κ3) is 2.43. The zero-order chi connectivity index (χ0) is 14.1. The Bertz CT molecular complexity index is 754. The van der Waals surface area contributed by atoms with Crippen LogP contribution in [0.15, 0.2) is 47.0 Å². The van der Waals surface area contributed by atoms with Gasteiger partial charge >= 0.3 is 0 Å². The van der Waals surface area contributed by atoms with Crippen molar-refractivity contribution in [3.05, 3.63) is 48.4 Å². The predicted molar refractivity (Wildman–Crippen MR) is 81.9 cm³/mol. The van der Waals surface area contributed by atoms with E-state index in [9.17, 15) is 0 Å². The van der Waals surface area contributed by atoms with Crippen molar-refractivity contribution in [2.45, 2.75) is 12.8 Å². The fourth-order valence-corrected chi connectivity index (χ4v) is 3.00. The van der Waals surface area contributed by atoms with Gasteiger partial charge in [-0.15, -0.1) is 0 Å². The summed E-state index contributed by atoms with van der Waals surface area (Å²) in [5, 5.41) is 9.90. The topological polar surface area (TPSA) is 51.0 Å². The van der Waals surface area contributed by atoms with Gasteiger partial charge in [-0.3, -0.25) is 0 Å². The molecule has 1 aliphatic rings. The van der Waals surface area contributed by atoms with Gasteiger partial charge in [0.15, 0.2) is 0 Å². The SMILES string of the molecule is c1ccc2c(-c3noc(CC4CCNC4)n3)cccc2c1. The number of nitrogens with one attached hydrogen (secondary N) is 1. The average molecular weight is 279 g/mol. The van der Waals surface area contributed by atoms with Crippen LogP contribution in [0.25, 0.3) is 22.2 Å². The van der Waals surface area contributed by atoms with E-state index in [0.29, 0.717) is 11.7 Å². The van der Waals surface area contributed by atoms with E-state index in [1.165, 1.54) is 11.8 Å². The van der Waals surface area contributed by atoms with Crippen molar-refractivity contribution in [3.8, 4) is 11.4 Å². The van der Waals surface area contributed by atoms with Crippen LogP contribution in [0, 0.1) is 5.92 Å². The van der Waals surface area contributed by atoms with E-state index >= 15 is 0 Å². The summed E-state index contributed by atoms with van der Waals surface area (Å²) < 4.78 is 5.44. The minimum Gasteiger partial charge on any atom is -0.339 e. The summed E-state index contributed by atoms with van der Waals surface area (Å²) in [5.74, 6) is 2.05. The van der Waals surface area contributed by atoms with Gasteiger partial charge in [0, 0.05) is 12.0 Å². The van der Waals surface area contributed by atoms with Crippen molar-refractivity contribution in [3.63, 3.8) is 0 Å². The molecule has 0 amide bonds. The number of nitrogens with zero attached hydrogens (tertiary/aromatic N) is 2. The predicted octanol–water partition coefficient (Wildman–Crippen LogP) is 3.04. The maximum Gasteiger partial charge on any atom is 0.227 e. The first-order valence-electron chi connectivity index (χ1n) is 7.41. The zero-order valence-corrected chi connectivity index (χ0v) is 11.7. The van der Waals surface area contributed by atoms with Gasteiger partial charge in [-0.05, 0) is 36.2 Å². The molecular formula is C17H17N3O. The molecule has 1 atom stereocenters. The van der Waals surface area contributed by atoms with Gasteiger partial charge in [0.2, 0.25) is 11.7 Å². The third-order valence-electron chi connectivity index (χ3n) is 4.12. The molecule has 0 bridgehead atoms. The van der Waals surface area contributed by atoms with Crippen LogP contribution in [-0.2, 0) is 6.42 Å². The number of hydrogen-bond acceptors (Lipinski definition) is 4. The van der Waals surface area contributed by atoms with Gasteiger partial charge < -0.3 is 9.84 Å². The van der Waals surface area contributed by atoms with E-state index < -0.39 is 0 Å². The van der Waals surface area contributed by atoms with Gasteiger partial charge in [-0.2, -0.15) is 4.98 Å². The minimum absolute atomic E-state index is 0.616. The number of rotatable bonds is 3. The largest absolute Gasteiger partial charge is 0.339 e. The van der Waals surface area contributed by atoms with Crippen molar-refractivity contribution in [1.29, 1.82) is 0 Å². The monoisotopic (exact) mass is 279 g/mol. The molecule has 1 fully saturated rings. The second-order valence-corrected chi connectivity index (χ2v) is 5.60. The Labute approximate surface area is 123 Å². The van der Waals surface area contributed by atoms with E-state index in [4.69, 9.17) is 4.52 Å². The lowest BCUT2D eigenvalue weighted by atomic mass is 10.0. The van der Waals surface area contributed by atoms with Crippen molar-refractivity contribution in [1.82, 2.24) is 15.5 Å². The third-order valence-corrected chi connectivity index (χ3v) is 4.12. The van der Waals surface area contributed by atoms with Gasteiger partial charge in [0.25, 0.3) is 0 Å². The standard InChI is InChI=1S/C17H17N3O/c1-2-6-14-13(4-1)5-3-7-15(14)17-19-16(21-20-17)10-12-8-9-18-11-12/h1-7,12,18H,8-11H2. The minimum atomic E-state index is 0.616. The summed E-state index contributed by atoms with van der Waals surface area (Å²) in [6.45, 7) is 2.14. The van der Waals surface area contributed by atoms with E-state index in [1.54, 1.807) is 0 Å². The number of hydrogen-bond donors (Lipinski definition) is 1. The van der Waals surface area contributed by atoms with Crippen LogP contribution in [-0.4, -0.2) is 23.2 Å². The van der Waals surface area contributed by atoms with Crippen molar-refractivity contribution in [2.75, 3.05) is 13.1 Å². The highest BCUT2D eigenvalue weighted by Gasteiger charge is 2.19. The maximum absolute atomic E-state index is 5.44. The molecule has 2 heterocycles. The van der Waals surface area contributed by atoms with Gasteiger partial charge in [0.1, 0.15) is 0 Å². The molecule has 0 saturated carbocycles. The maximum atomic E-state index is 5.44. The smallest absolute Gasteiger partial charge is 0.227 e. The first kappa shape index (κ1) is 12.5. The van der Waals surface area contributed by atoms with Crippen LogP contribution in [0.2, 0.25) is 0 Å². The van der Waals surface area contributed by atoms with Crippen LogP contribution in [0.1, 0.15) is 12.3 Å². The number of benzene rings is 2. The molecule has 4 rings (SSSR count). The Morgan fingerprint density at radius 1 is 1.14 bits per heavy atom. The van der Waals surface area contributed by atoms with Crippen molar-refractivity contribution in [2.24, 2.45) is 5.92 Å². The second kappa shape index (κ2) is 5.30. The molecule has 1 aromatic heterocycles. The van der Waals surface area contributed by atoms with Crippen LogP contribution in [0.3, 0.4) is 0 Å². The Kier molecular flexibility index (Phi) is 3.16. The van der Waals surface area contributed by atoms with Crippen LogP contribution >= 0.6 is 0 Å². The molecule has 1 aliphatic heterocycles. The normalized spacial score (nSPS) is 18.4. The fraction of sp³-hybridized carbons (Fsp3) is 0.294. The second-order valence-electron chi connectivity index (χ2n) is 5.60. The zero-order valence-electron chi connectivity index (χ0n) is 11.7. The fourth-order valence-electron chi connectivity index (χ4n) is 3.00. The van der Waals surface area contributed by atoms with Crippen LogP contribution in [0.4, 0.5) is 0 Å².